The van der Waals surface area contributed by atoms with Crippen molar-refractivity contribution < 1.29 is 4.79 Å². The first kappa shape index (κ1) is 20.0. The molecular formula is C19H14Cl4N2O2. The van der Waals surface area contributed by atoms with Gasteiger partial charge >= 0.3 is 0 Å². The Labute approximate surface area is 175 Å². The minimum absolute atomic E-state index is 0.0298. The van der Waals surface area contributed by atoms with Crippen molar-refractivity contribution in [2.75, 3.05) is 5.32 Å². The first-order chi connectivity index (χ1) is 12.7. The van der Waals surface area contributed by atoms with Crippen molar-refractivity contribution in [2.45, 2.75) is 13.8 Å². The van der Waals surface area contributed by atoms with Crippen molar-refractivity contribution in [3.8, 4) is 0 Å². The lowest BCUT2D eigenvalue weighted by Gasteiger charge is -2.15. The number of benzene rings is 2. The van der Waals surface area contributed by atoms with Crippen LogP contribution in [0.3, 0.4) is 0 Å². The third kappa shape index (κ3) is 3.94. The first-order valence-electron chi connectivity index (χ1n) is 8.00. The topological polar surface area (TPSA) is 62.0 Å². The van der Waals surface area contributed by atoms with Crippen LogP contribution in [0, 0.1) is 5.92 Å². The Bertz CT molecular complexity index is 1100. The van der Waals surface area contributed by atoms with E-state index in [1.165, 1.54) is 6.07 Å². The van der Waals surface area contributed by atoms with Crippen molar-refractivity contribution in [3.05, 3.63) is 66.2 Å². The number of aromatic amines is 1. The van der Waals surface area contributed by atoms with Crippen molar-refractivity contribution >= 4 is 74.6 Å². The van der Waals surface area contributed by atoms with Gasteiger partial charge in [0, 0.05) is 21.7 Å². The van der Waals surface area contributed by atoms with Crippen LogP contribution in [0.4, 0.5) is 11.5 Å². The number of nitrogens with one attached hydrogen (secondary N) is 2. The van der Waals surface area contributed by atoms with Gasteiger partial charge in [0.05, 0.1) is 20.9 Å². The zero-order valence-electron chi connectivity index (χ0n) is 14.3. The molecule has 2 N–H and O–H groups in total. The van der Waals surface area contributed by atoms with E-state index < -0.39 is 11.3 Å². The zero-order chi connectivity index (χ0) is 19.9. The maximum Gasteiger partial charge on any atom is 0.203 e. The van der Waals surface area contributed by atoms with E-state index in [9.17, 15) is 9.59 Å². The average molecular weight is 444 g/mol. The van der Waals surface area contributed by atoms with Gasteiger partial charge in [-0.2, -0.15) is 0 Å². The summed E-state index contributed by atoms with van der Waals surface area (Å²) in [4.78, 5) is 28.9. The summed E-state index contributed by atoms with van der Waals surface area (Å²) in [5, 5.41) is 4.53. The monoisotopic (exact) mass is 442 g/mol. The molecule has 1 aromatic heterocycles. The van der Waals surface area contributed by atoms with Crippen molar-refractivity contribution in [1.29, 1.82) is 0 Å². The molecule has 0 spiro atoms. The van der Waals surface area contributed by atoms with Gasteiger partial charge in [-0.15, -0.1) is 0 Å². The van der Waals surface area contributed by atoms with Gasteiger partial charge in [-0.3, -0.25) is 9.59 Å². The molecule has 0 saturated carbocycles. The summed E-state index contributed by atoms with van der Waals surface area (Å²) < 4.78 is 0. The molecule has 0 aliphatic heterocycles. The Morgan fingerprint density at radius 2 is 1.59 bits per heavy atom. The van der Waals surface area contributed by atoms with Crippen LogP contribution in [0.25, 0.3) is 10.9 Å². The molecule has 3 aromatic rings. The Morgan fingerprint density at radius 1 is 1.00 bits per heavy atom. The lowest BCUT2D eigenvalue weighted by molar-refractivity contribution is 0.0939. The summed E-state index contributed by atoms with van der Waals surface area (Å²) in [5.74, 6) is -0.525. The molecule has 0 amide bonds. The van der Waals surface area contributed by atoms with Crippen molar-refractivity contribution in [3.63, 3.8) is 0 Å². The molecule has 4 nitrogen and oxygen atoms in total. The number of rotatable bonds is 4. The van der Waals surface area contributed by atoms with E-state index in [0.717, 1.165) is 0 Å². The second-order valence-corrected chi connectivity index (χ2v) is 7.97. The highest BCUT2D eigenvalue weighted by Crippen LogP contribution is 2.31. The third-order valence-corrected chi connectivity index (χ3v) is 5.03. The zero-order valence-corrected chi connectivity index (χ0v) is 17.3. The molecule has 0 atom stereocenters. The molecule has 8 heteroatoms. The fourth-order valence-electron chi connectivity index (χ4n) is 2.71. The van der Waals surface area contributed by atoms with Gasteiger partial charge < -0.3 is 10.3 Å². The highest BCUT2D eigenvalue weighted by Gasteiger charge is 2.23. The maximum absolute atomic E-state index is 13.1. The van der Waals surface area contributed by atoms with E-state index in [1.807, 2.05) is 0 Å². The number of fused-ring (bicyclic) bond motifs is 1. The highest BCUT2D eigenvalue weighted by atomic mass is 35.5. The number of hydrogen-bond acceptors (Lipinski definition) is 3. The van der Waals surface area contributed by atoms with Crippen molar-refractivity contribution in [2.24, 2.45) is 5.92 Å². The minimum Gasteiger partial charge on any atom is -0.341 e. The Hall–Kier alpha value is -1.72. The molecule has 0 aliphatic carbocycles. The molecule has 3 rings (SSSR count). The first-order valence-corrected chi connectivity index (χ1v) is 9.51. The smallest absolute Gasteiger partial charge is 0.203 e. The second kappa shape index (κ2) is 7.72. The minimum atomic E-state index is -0.495. The summed E-state index contributed by atoms with van der Waals surface area (Å²) in [7, 11) is 0. The van der Waals surface area contributed by atoms with E-state index in [4.69, 9.17) is 46.4 Å². The SMILES string of the molecule is CC(C)C(=O)c1c(Nc2cc(Cl)cc(Cl)c2)[nH]c2c(Cl)ccc(Cl)c2c1=O. The maximum atomic E-state index is 13.1. The number of anilines is 2. The number of halogens is 4. The lowest BCUT2D eigenvalue weighted by atomic mass is 9.99. The number of carbonyl (C=O) groups excluding carboxylic acids is 1. The number of hydrogen-bond donors (Lipinski definition) is 2. The third-order valence-electron chi connectivity index (χ3n) is 3.96. The quantitative estimate of drug-likeness (QED) is 0.439. The van der Waals surface area contributed by atoms with Crippen molar-refractivity contribution in [1.82, 2.24) is 4.98 Å². The molecule has 1 heterocycles. The van der Waals surface area contributed by atoms with Crippen LogP contribution in [-0.4, -0.2) is 10.8 Å². The molecule has 0 radical (unpaired) electrons. The molecule has 2 aromatic carbocycles. The summed E-state index contributed by atoms with van der Waals surface area (Å²) in [6.45, 7) is 3.43. The Kier molecular flexibility index (Phi) is 5.73. The molecule has 140 valence electrons. The Morgan fingerprint density at radius 3 is 2.19 bits per heavy atom. The molecule has 0 bridgehead atoms. The van der Waals surface area contributed by atoms with Crippen LogP contribution in [0.5, 0.6) is 0 Å². The number of Topliss-reactive ketones (excluding diaryl/α,β-unsaturated/α-hetero) is 1. The van der Waals surface area contributed by atoms with E-state index in [0.29, 0.717) is 26.3 Å². The standard InChI is InChI=1S/C19H14Cl4N2O2/c1-8(2)17(26)15-18(27)14-12(22)3-4-13(23)16(14)25-19(15)24-11-6-9(20)5-10(21)7-11/h3-8H,1-2H3,(H2,24,25,27). The number of aromatic nitrogens is 1. The van der Waals surface area contributed by atoms with E-state index in [1.54, 1.807) is 38.1 Å². The van der Waals surface area contributed by atoms with Crippen LogP contribution >= 0.6 is 46.4 Å². The number of pyridine rings is 1. The van der Waals surface area contributed by atoms with Gasteiger partial charge in [0.1, 0.15) is 11.4 Å². The highest BCUT2D eigenvalue weighted by molar-refractivity contribution is 6.40. The fourth-order valence-corrected chi connectivity index (χ4v) is 3.68. The predicted octanol–water partition coefficient (Wildman–Crippen LogP) is 6.72. The van der Waals surface area contributed by atoms with Gasteiger partial charge in [0.25, 0.3) is 0 Å². The van der Waals surface area contributed by atoms with Crippen LogP contribution < -0.4 is 10.7 Å². The number of H-pyrrole nitrogens is 1. The van der Waals surface area contributed by atoms with Crippen LogP contribution in [0.15, 0.2) is 35.1 Å². The molecule has 0 aliphatic rings. The molecule has 0 saturated heterocycles. The fraction of sp³-hybridized carbons (Fsp3) is 0.158. The molecule has 0 fully saturated rings. The van der Waals surface area contributed by atoms with E-state index >= 15 is 0 Å². The average Bonchev–Trinajstić information content (AvgIpc) is 2.56. The largest absolute Gasteiger partial charge is 0.341 e. The van der Waals surface area contributed by atoms with Crippen LogP contribution in [-0.2, 0) is 0 Å². The summed E-state index contributed by atoms with van der Waals surface area (Å²) in [6.07, 6.45) is 0. The molecular weight excluding hydrogens is 430 g/mol. The van der Waals surface area contributed by atoms with Gasteiger partial charge in [0.15, 0.2) is 5.78 Å². The summed E-state index contributed by atoms with van der Waals surface area (Å²) in [5.41, 5.74) is 0.326. The second-order valence-electron chi connectivity index (χ2n) is 6.29. The normalized spacial score (nSPS) is 11.2. The van der Waals surface area contributed by atoms with E-state index in [-0.39, 0.29) is 27.6 Å². The Balaban J connectivity index is 2.32. The van der Waals surface area contributed by atoms with Gasteiger partial charge in [0.2, 0.25) is 5.43 Å². The summed E-state index contributed by atoms with van der Waals surface area (Å²) in [6, 6.07) is 7.92. The van der Waals surface area contributed by atoms with Gasteiger partial charge in [-0.25, -0.2) is 0 Å². The number of ketones is 1. The lowest BCUT2D eigenvalue weighted by Crippen LogP contribution is -2.22. The van der Waals surface area contributed by atoms with Crippen LogP contribution in [0.1, 0.15) is 24.2 Å². The van der Waals surface area contributed by atoms with E-state index in [2.05, 4.69) is 10.3 Å². The van der Waals surface area contributed by atoms with Gasteiger partial charge in [-0.05, 0) is 30.3 Å². The van der Waals surface area contributed by atoms with Crippen LogP contribution in [0.2, 0.25) is 20.1 Å². The number of carbonyl (C=O) groups is 1. The molecule has 27 heavy (non-hydrogen) atoms. The molecule has 0 unspecified atom stereocenters. The predicted molar refractivity (Wildman–Crippen MR) is 114 cm³/mol. The van der Waals surface area contributed by atoms with Gasteiger partial charge in [-0.1, -0.05) is 60.3 Å². The summed E-state index contributed by atoms with van der Waals surface area (Å²) >= 11 is 24.5.